The van der Waals surface area contributed by atoms with Crippen LogP contribution >= 0.6 is 0 Å². The van der Waals surface area contributed by atoms with Crippen molar-refractivity contribution in [2.45, 2.75) is 44.9 Å². The summed E-state index contributed by atoms with van der Waals surface area (Å²) in [4.78, 5) is 26.7. The van der Waals surface area contributed by atoms with Crippen molar-refractivity contribution in [3.05, 3.63) is 45.7 Å². The minimum atomic E-state index is -0.190. The lowest BCUT2D eigenvalue weighted by Crippen LogP contribution is -2.14. The molecule has 1 aromatic carbocycles. The van der Waals surface area contributed by atoms with Gasteiger partial charge in [0, 0.05) is 17.1 Å². The van der Waals surface area contributed by atoms with Gasteiger partial charge in [-0.25, -0.2) is 0 Å². The van der Waals surface area contributed by atoms with Crippen molar-refractivity contribution in [1.29, 1.82) is 0 Å². The van der Waals surface area contributed by atoms with E-state index < -0.39 is 0 Å². The Morgan fingerprint density at radius 3 is 2.65 bits per heavy atom. The number of hydrogen-bond acceptors (Lipinski definition) is 2. The van der Waals surface area contributed by atoms with Gasteiger partial charge in [-0.3, -0.25) is 9.59 Å². The number of benzene rings is 1. The molecule has 20 heavy (non-hydrogen) atoms. The Balaban J connectivity index is 2.06. The lowest BCUT2D eigenvalue weighted by atomic mass is 9.84. The smallest absolute Gasteiger partial charge is 0.200 e. The SMILES string of the molecule is CC(=O)c1c[nH]c2cc(C3CCCCC3)ccc2c1=O. The van der Waals surface area contributed by atoms with Crippen LogP contribution in [0.3, 0.4) is 0 Å². The van der Waals surface area contributed by atoms with E-state index in [1.54, 1.807) is 0 Å². The fraction of sp³-hybridized carbons (Fsp3) is 0.412. The summed E-state index contributed by atoms with van der Waals surface area (Å²) in [6.07, 6.45) is 7.94. The van der Waals surface area contributed by atoms with Crippen LogP contribution in [0.4, 0.5) is 0 Å². The summed E-state index contributed by atoms with van der Waals surface area (Å²) >= 11 is 0. The summed E-state index contributed by atoms with van der Waals surface area (Å²) in [5.41, 5.74) is 2.22. The van der Waals surface area contributed by atoms with E-state index in [4.69, 9.17) is 0 Å². The third-order valence-corrected chi connectivity index (χ3v) is 4.36. The first-order valence-electron chi connectivity index (χ1n) is 7.33. The highest BCUT2D eigenvalue weighted by Crippen LogP contribution is 2.33. The number of hydrogen-bond donors (Lipinski definition) is 1. The second kappa shape index (κ2) is 5.23. The number of pyridine rings is 1. The first-order valence-corrected chi connectivity index (χ1v) is 7.33. The maximum Gasteiger partial charge on any atom is 0.200 e. The molecule has 0 unspecified atom stereocenters. The van der Waals surface area contributed by atoms with Gasteiger partial charge in [0.05, 0.1) is 5.56 Å². The Labute approximate surface area is 118 Å². The molecule has 0 atom stereocenters. The standard InChI is InChI=1S/C17H19NO2/c1-11(19)15-10-18-16-9-13(7-8-14(16)17(15)20)12-5-3-2-4-6-12/h7-10,12H,2-6H2,1H3,(H,18,20). The predicted molar refractivity (Wildman–Crippen MR) is 80.4 cm³/mol. The molecule has 1 aliphatic carbocycles. The van der Waals surface area contributed by atoms with E-state index in [2.05, 4.69) is 17.1 Å². The lowest BCUT2D eigenvalue weighted by Gasteiger charge is -2.22. The van der Waals surface area contributed by atoms with Gasteiger partial charge in [0.2, 0.25) is 0 Å². The maximum atomic E-state index is 12.2. The Morgan fingerprint density at radius 1 is 1.20 bits per heavy atom. The molecule has 3 rings (SSSR count). The number of H-pyrrole nitrogens is 1. The Morgan fingerprint density at radius 2 is 1.95 bits per heavy atom. The molecule has 1 N–H and O–H groups in total. The highest BCUT2D eigenvalue weighted by molar-refractivity contribution is 5.97. The zero-order chi connectivity index (χ0) is 14.1. The molecule has 1 aromatic heterocycles. The molecule has 1 heterocycles. The molecule has 3 heteroatoms. The molecule has 0 aliphatic heterocycles. The van der Waals surface area contributed by atoms with E-state index in [0.717, 1.165) is 5.52 Å². The normalized spacial score (nSPS) is 16.4. The topological polar surface area (TPSA) is 49.9 Å². The Kier molecular flexibility index (Phi) is 3.43. The summed E-state index contributed by atoms with van der Waals surface area (Å²) in [7, 11) is 0. The average Bonchev–Trinajstić information content (AvgIpc) is 2.48. The number of ketones is 1. The number of Topliss-reactive ketones (excluding diaryl/α,β-unsaturated/α-hetero) is 1. The van der Waals surface area contributed by atoms with Gasteiger partial charge in [0.1, 0.15) is 0 Å². The van der Waals surface area contributed by atoms with Crippen molar-refractivity contribution in [2.75, 3.05) is 0 Å². The summed E-state index contributed by atoms with van der Waals surface area (Å²) in [6.45, 7) is 1.42. The zero-order valence-corrected chi connectivity index (χ0v) is 11.7. The molecule has 0 bridgehead atoms. The third-order valence-electron chi connectivity index (χ3n) is 4.36. The molecule has 0 amide bonds. The highest BCUT2D eigenvalue weighted by atomic mass is 16.1. The van der Waals surface area contributed by atoms with Crippen LogP contribution in [0.15, 0.2) is 29.2 Å². The third kappa shape index (κ3) is 2.28. The van der Waals surface area contributed by atoms with Gasteiger partial charge in [0.15, 0.2) is 11.2 Å². The molecule has 1 fully saturated rings. The molecule has 0 spiro atoms. The van der Waals surface area contributed by atoms with Crippen LogP contribution in [0, 0.1) is 0 Å². The molecule has 0 saturated heterocycles. The molecule has 1 aliphatic rings. The molecular formula is C17H19NO2. The minimum absolute atomic E-state index is 0.165. The van der Waals surface area contributed by atoms with Crippen LogP contribution < -0.4 is 5.43 Å². The second-order valence-corrected chi connectivity index (χ2v) is 5.73. The van der Waals surface area contributed by atoms with E-state index in [0.29, 0.717) is 11.3 Å². The summed E-state index contributed by atoms with van der Waals surface area (Å²) in [5, 5.41) is 0.609. The first kappa shape index (κ1) is 13.1. The van der Waals surface area contributed by atoms with E-state index in [-0.39, 0.29) is 16.8 Å². The van der Waals surface area contributed by atoms with Gasteiger partial charge in [0.25, 0.3) is 0 Å². The van der Waals surface area contributed by atoms with Gasteiger partial charge in [-0.1, -0.05) is 25.3 Å². The fourth-order valence-electron chi connectivity index (χ4n) is 3.19. The monoisotopic (exact) mass is 269 g/mol. The first-order chi connectivity index (χ1) is 9.66. The largest absolute Gasteiger partial charge is 0.360 e. The van der Waals surface area contributed by atoms with Crippen molar-refractivity contribution >= 4 is 16.7 Å². The van der Waals surface area contributed by atoms with Crippen LogP contribution in [0.25, 0.3) is 10.9 Å². The number of nitrogens with one attached hydrogen (secondary N) is 1. The van der Waals surface area contributed by atoms with Crippen LogP contribution in [-0.2, 0) is 0 Å². The summed E-state index contributed by atoms with van der Waals surface area (Å²) in [5.74, 6) is 0.425. The van der Waals surface area contributed by atoms with Gasteiger partial charge in [-0.15, -0.1) is 0 Å². The zero-order valence-electron chi connectivity index (χ0n) is 11.7. The number of aromatic amines is 1. The van der Waals surface area contributed by atoms with Crippen molar-refractivity contribution < 1.29 is 4.79 Å². The number of aromatic nitrogens is 1. The van der Waals surface area contributed by atoms with Crippen molar-refractivity contribution in [2.24, 2.45) is 0 Å². The molecule has 3 nitrogen and oxygen atoms in total. The maximum absolute atomic E-state index is 12.2. The Bertz CT molecular complexity index is 708. The molecular weight excluding hydrogens is 250 g/mol. The van der Waals surface area contributed by atoms with Gasteiger partial charge < -0.3 is 4.98 Å². The quantitative estimate of drug-likeness (QED) is 0.843. The summed E-state index contributed by atoms with van der Waals surface area (Å²) in [6, 6.07) is 6.00. The van der Waals surface area contributed by atoms with Crippen LogP contribution in [-0.4, -0.2) is 10.8 Å². The van der Waals surface area contributed by atoms with Crippen LogP contribution in [0.1, 0.15) is 60.9 Å². The number of carbonyl (C=O) groups is 1. The van der Waals surface area contributed by atoms with E-state index in [1.165, 1.54) is 50.8 Å². The number of rotatable bonds is 2. The second-order valence-electron chi connectivity index (χ2n) is 5.73. The molecule has 0 radical (unpaired) electrons. The lowest BCUT2D eigenvalue weighted by molar-refractivity contribution is 0.101. The van der Waals surface area contributed by atoms with E-state index >= 15 is 0 Å². The van der Waals surface area contributed by atoms with Crippen molar-refractivity contribution in [1.82, 2.24) is 4.98 Å². The number of fused-ring (bicyclic) bond motifs is 1. The van der Waals surface area contributed by atoms with Crippen molar-refractivity contribution in [3.63, 3.8) is 0 Å². The van der Waals surface area contributed by atoms with Gasteiger partial charge in [-0.2, -0.15) is 0 Å². The van der Waals surface area contributed by atoms with Gasteiger partial charge in [-0.05, 0) is 43.4 Å². The minimum Gasteiger partial charge on any atom is -0.360 e. The molecule has 104 valence electrons. The van der Waals surface area contributed by atoms with Crippen LogP contribution in [0.5, 0.6) is 0 Å². The average molecular weight is 269 g/mol. The molecule has 2 aromatic rings. The van der Waals surface area contributed by atoms with E-state index in [9.17, 15) is 9.59 Å². The van der Waals surface area contributed by atoms with E-state index in [1.807, 2.05) is 6.07 Å². The number of carbonyl (C=O) groups excluding carboxylic acids is 1. The predicted octanol–water partition coefficient (Wildman–Crippen LogP) is 3.78. The fourth-order valence-corrected chi connectivity index (χ4v) is 3.19. The molecule has 1 saturated carbocycles. The highest BCUT2D eigenvalue weighted by Gasteiger charge is 2.16. The summed E-state index contributed by atoms with van der Waals surface area (Å²) < 4.78 is 0. The Hall–Kier alpha value is -1.90. The van der Waals surface area contributed by atoms with Gasteiger partial charge >= 0.3 is 0 Å². The van der Waals surface area contributed by atoms with Crippen LogP contribution in [0.2, 0.25) is 0 Å². The van der Waals surface area contributed by atoms with Crippen molar-refractivity contribution in [3.8, 4) is 0 Å².